The van der Waals surface area contributed by atoms with Crippen LogP contribution in [0.2, 0.25) is 0 Å². The average molecular weight is 303 g/mol. The van der Waals surface area contributed by atoms with Gasteiger partial charge in [0.25, 0.3) is 0 Å². The lowest BCUT2D eigenvalue weighted by atomic mass is 9.94. The summed E-state index contributed by atoms with van der Waals surface area (Å²) in [6, 6.07) is 5.42. The SMILES string of the molecule is CCNC(CCC(C)(C)OC)c1ccc(C(F)(F)F)cc1. The van der Waals surface area contributed by atoms with Crippen molar-refractivity contribution in [1.29, 1.82) is 0 Å². The van der Waals surface area contributed by atoms with Crippen molar-refractivity contribution < 1.29 is 17.9 Å². The lowest BCUT2D eigenvalue weighted by Crippen LogP contribution is -2.27. The van der Waals surface area contributed by atoms with E-state index in [9.17, 15) is 13.2 Å². The summed E-state index contributed by atoms with van der Waals surface area (Å²) >= 11 is 0. The first-order valence-corrected chi connectivity index (χ1v) is 7.15. The highest BCUT2D eigenvalue weighted by Crippen LogP contribution is 2.31. The van der Waals surface area contributed by atoms with Gasteiger partial charge >= 0.3 is 6.18 Å². The Morgan fingerprint density at radius 2 is 1.71 bits per heavy atom. The zero-order valence-electron chi connectivity index (χ0n) is 13.1. The molecule has 1 N–H and O–H groups in total. The molecule has 0 amide bonds. The van der Waals surface area contributed by atoms with E-state index in [-0.39, 0.29) is 11.6 Å². The molecule has 0 spiro atoms. The number of methoxy groups -OCH3 is 1. The largest absolute Gasteiger partial charge is 0.416 e. The van der Waals surface area contributed by atoms with Crippen LogP contribution in [0.4, 0.5) is 13.2 Å². The van der Waals surface area contributed by atoms with Crippen molar-refractivity contribution in [3.8, 4) is 0 Å². The lowest BCUT2D eigenvalue weighted by molar-refractivity contribution is -0.137. The molecular formula is C16H24F3NO. The van der Waals surface area contributed by atoms with Gasteiger partial charge in [-0.3, -0.25) is 0 Å². The van der Waals surface area contributed by atoms with Gasteiger partial charge in [0.05, 0.1) is 11.2 Å². The Hall–Kier alpha value is -1.07. The van der Waals surface area contributed by atoms with Gasteiger partial charge in [0.2, 0.25) is 0 Å². The molecule has 0 aliphatic carbocycles. The molecule has 0 fully saturated rings. The van der Waals surface area contributed by atoms with E-state index < -0.39 is 11.7 Å². The summed E-state index contributed by atoms with van der Waals surface area (Å²) in [5.41, 5.74) is 0.0232. The van der Waals surface area contributed by atoms with Crippen molar-refractivity contribution >= 4 is 0 Å². The van der Waals surface area contributed by atoms with E-state index in [0.717, 1.165) is 37.1 Å². The Kier molecular flexibility index (Phi) is 6.23. The topological polar surface area (TPSA) is 21.3 Å². The molecule has 0 heterocycles. The van der Waals surface area contributed by atoms with Crippen LogP contribution in [0, 0.1) is 0 Å². The Balaban J connectivity index is 2.81. The zero-order valence-corrected chi connectivity index (χ0v) is 13.1. The van der Waals surface area contributed by atoms with Gasteiger partial charge in [-0.05, 0) is 50.9 Å². The highest BCUT2D eigenvalue weighted by atomic mass is 19.4. The van der Waals surface area contributed by atoms with Crippen LogP contribution in [0.3, 0.4) is 0 Å². The molecule has 0 aromatic heterocycles. The lowest BCUT2D eigenvalue weighted by Gasteiger charge is -2.26. The fourth-order valence-electron chi connectivity index (χ4n) is 2.13. The number of nitrogens with one attached hydrogen (secondary N) is 1. The first-order valence-electron chi connectivity index (χ1n) is 7.15. The second-order valence-electron chi connectivity index (χ2n) is 5.73. The second-order valence-corrected chi connectivity index (χ2v) is 5.73. The van der Waals surface area contributed by atoms with Crippen molar-refractivity contribution in [2.24, 2.45) is 0 Å². The van der Waals surface area contributed by atoms with Crippen LogP contribution >= 0.6 is 0 Å². The fourth-order valence-corrected chi connectivity index (χ4v) is 2.13. The van der Waals surface area contributed by atoms with Gasteiger partial charge in [0.1, 0.15) is 0 Å². The minimum Gasteiger partial charge on any atom is -0.379 e. The van der Waals surface area contributed by atoms with Crippen LogP contribution in [-0.4, -0.2) is 19.3 Å². The third kappa shape index (κ3) is 5.67. The van der Waals surface area contributed by atoms with Crippen molar-refractivity contribution in [1.82, 2.24) is 5.32 Å². The van der Waals surface area contributed by atoms with Gasteiger partial charge < -0.3 is 10.1 Å². The predicted molar refractivity (Wildman–Crippen MR) is 78.2 cm³/mol. The van der Waals surface area contributed by atoms with Gasteiger partial charge in [-0.25, -0.2) is 0 Å². The van der Waals surface area contributed by atoms with E-state index in [1.807, 2.05) is 20.8 Å². The molecule has 2 nitrogen and oxygen atoms in total. The van der Waals surface area contributed by atoms with Crippen LogP contribution < -0.4 is 5.32 Å². The number of hydrogen-bond donors (Lipinski definition) is 1. The molecule has 1 aromatic rings. The van der Waals surface area contributed by atoms with Crippen molar-refractivity contribution in [3.63, 3.8) is 0 Å². The van der Waals surface area contributed by atoms with Crippen LogP contribution in [0.1, 0.15) is 50.8 Å². The molecule has 120 valence electrons. The predicted octanol–water partition coefficient (Wildman–Crippen LogP) is 4.56. The molecule has 1 aromatic carbocycles. The summed E-state index contributed by atoms with van der Waals surface area (Å²) in [6.07, 6.45) is -2.66. The summed E-state index contributed by atoms with van der Waals surface area (Å²) < 4.78 is 43.1. The quantitative estimate of drug-likeness (QED) is 0.797. The molecule has 1 rings (SSSR count). The fraction of sp³-hybridized carbons (Fsp3) is 0.625. The summed E-state index contributed by atoms with van der Waals surface area (Å²) in [5, 5.41) is 3.32. The summed E-state index contributed by atoms with van der Waals surface area (Å²) in [7, 11) is 1.67. The highest BCUT2D eigenvalue weighted by Gasteiger charge is 2.30. The van der Waals surface area contributed by atoms with Crippen LogP contribution in [0.25, 0.3) is 0 Å². The Labute approximate surface area is 124 Å². The van der Waals surface area contributed by atoms with E-state index in [0.29, 0.717) is 0 Å². The second kappa shape index (κ2) is 7.27. The summed E-state index contributed by atoms with van der Waals surface area (Å²) in [6.45, 7) is 6.75. The number of benzene rings is 1. The third-order valence-electron chi connectivity index (χ3n) is 3.68. The molecule has 5 heteroatoms. The van der Waals surface area contributed by atoms with E-state index in [1.165, 1.54) is 0 Å². The number of halogens is 3. The molecule has 1 unspecified atom stereocenters. The third-order valence-corrected chi connectivity index (χ3v) is 3.68. The molecule has 0 bridgehead atoms. The molecular weight excluding hydrogens is 279 g/mol. The van der Waals surface area contributed by atoms with Crippen molar-refractivity contribution in [2.45, 2.75) is 51.4 Å². The first kappa shape index (κ1) is 18.0. The van der Waals surface area contributed by atoms with Gasteiger partial charge in [0, 0.05) is 13.2 Å². The van der Waals surface area contributed by atoms with Crippen LogP contribution in [0.15, 0.2) is 24.3 Å². The molecule has 21 heavy (non-hydrogen) atoms. The standard InChI is InChI=1S/C16H24F3NO/c1-5-20-14(10-11-15(2,3)21-4)12-6-8-13(9-7-12)16(17,18)19/h6-9,14,20H,5,10-11H2,1-4H3. The smallest absolute Gasteiger partial charge is 0.379 e. The van der Waals surface area contributed by atoms with Gasteiger partial charge in [-0.15, -0.1) is 0 Å². The molecule has 0 aliphatic rings. The highest BCUT2D eigenvalue weighted by molar-refractivity contribution is 5.26. The minimum absolute atomic E-state index is 0.0340. The van der Waals surface area contributed by atoms with Crippen molar-refractivity contribution in [3.05, 3.63) is 35.4 Å². The molecule has 0 saturated heterocycles. The molecule has 1 atom stereocenters. The maximum absolute atomic E-state index is 12.6. The minimum atomic E-state index is -4.29. The summed E-state index contributed by atoms with van der Waals surface area (Å²) in [5.74, 6) is 0. The number of ether oxygens (including phenoxy) is 1. The van der Waals surface area contributed by atoms with Crippen LogP contribution in [-0.2, 0) is 10.9 Å². The van der Waals surface area contributed by atoms with Crippen molar-refractivity contribution in [2.75, 3.05) is 13.7 Å². The van der Waals surface area contributed by atoms with E-state index in [1.54, 1.807) is 19.2 Å². The van der Waals surface area contributed by atoms with Gasteiger partial charge in [0.15, 0.2) is 0 Å². The van der Waals surface area contributed by atoms with Gasteiger partial charge in [-0.1, -0.05) is 19.1 Å². The van der Waals surface area contributed by atoms with E-state index in [4.69, 9.17) is 4.74 Å². The number of rotatable bonds is 7. The normalized spacial score (nSPS) is 14.2. The van der Waals surface area contributed by atoms with Crippen LogP contribution in [0.5, 0.6) is 0 Å². The Bertz CT molecular complexity index is 426. The van der Waals surface area contributed by atoms with E-state index in [2.05, 4.69) is 5.32 Å². The average Bonchev–Trinajstić information content (AvgIpc) is 2.43. The maximum Gasteiger partial charge on any atom is 0.416 e. The Morgan fingerprint density at radius 3 is 2.14 bits per heavy atom. The monoisotopic (exact) mass is 303 g/mol. The zero-order chi connectivity index (χ0) is 16.1. The summed E-state index contributed by atoms with van der Waals surface area (Å²) in [4.78, 5) is 0. The molecule has 0 aliphatic heterocycles. The maximum atomic E-state index is 12.6. The number of hydrogen-bond acceptors (Lipinski definition) is 2. The first-order chi connectivity index (χ1) is 9.69. The van der Waals surface area contributed by atoms with E-state index >= 15 is 0 Å². The number of alkyl halides is 3. The molecule has 0 saturated carbocycles. The van der Waals surface area contributed by atoms with Gasteiger partial charge in [-0.2, -0.15) is 13.2 Å². The Morgan fingerprint density at radius 1 is 1.14 bits per heavy atom. The molecule has 0 radical (unpaired) electrons.